The summed E-state index contributed by atoms with van der Waals surface area (Å²) >= 11 is 0. The van der Waals surface area contributed by atoms with Gasteiger partial charge in [-0.15, -0.1) is 0 Å². The zero-order chi connectivity index (χ0) is 43.0. The molecular formula is C44H46F3N7O6. The first kappa shape index (κ1) is 41.7. The Labute approximate surface area is 345 Å². The first-order valence-electron chi connectivity index (χ1n) is 19.7. The number of methoxy groups -OCH3 is 1. The average Bonchev–Trinajstić information content (AvgIpc) is 3.47. The first-order chi connectivity index (χ1) is 28.7. The minimum absolute atomic E-state index is 0.0138. The van der Waals surface area contributed by atoms with Gasteiger partial charge < -0.3 is 25.2 Å². The van der Waals surface area contributed by atoms with E-state index in [4.69, 9.17) is 15.5 Å². The van der Waals surface area contributed by atoms with Crippen LogP contribution in [0.2, 0.25) is 0 Å². The molecule has 60 heavy (non-hydrogen) atoms. The third kappa shape index (κ3) is 7.85. The van der Waals surface area contributed by atoms with Crippen LogP contribution in [0.4, 0.5) is 35.9 Å². The summed E-state index contributed by atoms with van der Waals surface area (Å²) in [6.07, 6.45) is 4.74. The summed E-state index contributed by atoms with van der Waals surface area (Å²) < 4.78 is 51.2. The average molecular weight is 826 g/mol. The van der Waals surface area contributed by atoms with Crippen LogP contribution in [0.15, 0.2) is 53.2 Å². The molecular weight excluding hydrogens is 780 g/mol. The molecule has 16 heteroatoms. The number of aldehydes is 1. The molecule has 1 atom stereocenters. The normalized spacial score (nSPS) is 19.0. The first-order valence-corrected chi connectivity index (χ1v) is 19.7. The number of imide groups is 2. The second-order valence-electron chi connectivity index (χ2n) is 15.5. The summed E-state index contributed by atoms with van der Waals surface area (Å²) in [4.78, 5) is 73.5. The number of hydrogen-bond acceptors (Lipinski definition) is 11. The Morgan fingerprint density at radius 3 is 2.30 bits per heavy atom. The highest BCUT2D eigenvalue weighted by Gasteiger charge is 2.45. The van der Waals surface area contributed by atoms with Crippen LogP contribution < -0.4 is 30.5 Å². The molecule has 3 aromatic rings. The number of halogens is 3. The van der Waals surface area contributed by atoms with Crippen LogP contribution in [0, 0.1) is 5.82 Å². The zero-order valence-electron chi connectivity index (χ0n) is 33.8. The van der Waals surface area contributed by atoms with Crippen molar-refractivity contribution in [3.05, 3.63) is 87.4 Å². The summed E-state index contributed by atoms with van der Waals surface area (Å²) in [7, 11) is 5.32. The van der Waals surface area contributed by atoms with Gasteiger partial charge in [0.2, 0.25) is 11.8 Å². The summed E-state index contributed by atoms with van der Waals surface area (Å²) in [6.45, 7) is 2.94. The van der Waals surface area contributed by atoms with Gasteiger partial charge in [0.15, 0.2) is 0 Å². The van der Waals surface area contributed by atoms with Gasteiger partial charge in [0.05, 0.1) is 35.7 Å². The lowest BCUT2D eigenvalue weighted by Gasteiger charge is -2.35. The second-order valence-corrected chi connectivity index (χ2v) is 15.5. The van der Waals surface area contributed by atoms with Crippen molar-refractivity contribution in [2.24, 2.45) is 10.7 Å². The molecule has 0 radical (unpaired) electrons. The Kier molecular flexibility index (Phi) is 11.8. The minimum atomic E-state index is -2.85. The van der Waals surface area contributed by atoms with E-state index in [1.165, 1.54) is 24.5 Å². The maximum absolute atomic E-state index is 15.5. The predicted octanol–water partition coefficient (Wildman–Crippen LogP) is 5.97. The Morgan fingerprint density at radius 1 is 0.950 bits per heavy atom. The van der Waals surface area contributed by atoms with Crippen LogP contribution >= 0.6 is 0 Å². The molecule has 0 aromatic heterocycles. The van der Waals surface area contributed by atoms with Gasteiger partial charge in [-0.1, -0.05) is 0 Å². The van der Waals surface area contributed by atoms with E-state index < -0.39 is 41.9 Å². The van der Waals surface area contributed by atoms with Crippen molar-refractivity contribution in [3.63, 3.8) is 0 Å². The Morgan fingerprint density at radius 2 is 1.67 bits per heavy atom. The number of benzene rings is 3. The van der Waals surface area contributed by atoms with E-state index in [9.17, 15) is 24.0 Å². The van der Waals surface area contributed by atoms with E-state index in [1.54, 1.807) is 31.1 Å². The van der Waals surface area contributed by atoms with Gasteiger partial charge in [-0.25, -0.2) is 13.2 Å². The number of alkyl halides is 2. The number of piperidine rings is 2. The van der Waals surface area contributed by atoms with Gasteiger partial charge in [0.25, 0.3) is 18.2 Å². The summed E-state index contributed by atoms with van der Waals surface area (Å²) in [5.41, 5.74) is 10.6. The number of nitrogens with zero attached hydrogens (tertiary/aromatic N) is 5. The molecule has 2 fully saturated rings. The molecule has 13 nitrogen and oxygen atoms in total. The van der Waals surface area contributed by atoms with Gasteiger partial charge in [-0.3, -0.25) is 39.2 Å². The number of nitrogens with two attached hydrogens (primary N) is 1. The van der Waals surface area contributed by atoms with Crippen molar-refractivity contribution in [1.29, 1.82) is 0 Å². The molecule has 1 unspecified atom stereocenters. The highest BCUT2D eigenvalue weighted by atomic mass is 19.3. The van der Waals surface area contributed by atoms with Crippen molar-refractivity contribution in [2.45, 2.75) is 64.0 Å². The number of aliphatic imine (C=N–C) groups is 1. The monoisotopic (exact) mass is 825 g/mol. The van der Waals surface area contributed by atoms with Crippen molar-refractivity contribution in [2.75, 3.05) is 55.5 Å². The van der Waals surface area contributed by atoms with Gasteiger partial charge in [-0.05, 0) is 86.1 Å². The number of ether oxygens (including phenoxy) is 1. The number of fused-ring (bicyclic) bond motifs is 2. The van der Waals surface area contributed by atoms with Crippen LogP contribution in [-0.4, -0.2) is 94.0 Å². The zero-order valence-corrected chi connectivity index (χ0v) is 33.8. The number of allylic oxidation sites excluding steroid dienone is 2. The lowest BCUT2D eigenvalue weighted by Crippen LogP contribution is -2.54. The SMILES string of the molecule is COc1cc(N(C)C)c(/C=C(/C)C=O)c(N2CCCc3cc(/C(C=NC4CCN(c5cc6c(cc5F)C(=O)N(C5CCC(=O)NC5=O)C6=O)CC4)=C/N)c(C(F)F)cc32)c1. The molecule has 4 aliphatic rings. The molecule has 3 aromatic carbocycles. The summed E-state index contributed by atoms with van der Waals surface area (Å²) in [5.74, 6) is -2.89. The molecule has 314 valence electrons. The predicted molar refractivity (Wildman–Crippen MR) is 223 cm³/mol. The maximum atomic E-state index is 15.5. The topological polar surface area (TPSA) is 158 Å². The van der Waals surface area contributed by atoms with E-state index in [2.05, 4.69) is 5.32 Å². The van der Waals surface area contributed by atoms with Crippen LogP contribution in [0.1, 0.15) is 88.4 Å². The highest BCUT2D eigenvalue weighted by molar-refractivity contribution is 6.24. The van der Waals surface area contributed by atoms with E-state index in [0.29, 0.717) is 67.2 Å². The molecule has 0 spiro atoms. The molecule has 3 N–H and O–H groups in total. The van der Waals surface area contributed by atoms with Crippen molar-refractivity contribution < 1.29 is 41.9 Å². The number of aryl methyl sites for hydroxylation is 1. The third-order valence-corrected chi connectivity index (χ3v) is 11.5. The van der Waals surface area contributed by atoms with Crippen LogP contribution in [0.3, 0.4) is 0 Å². The quantitative estimate of drug-likeness (QED) is 0.102. The Bertz CT molecular complexity index is 2370. The fourth-order valence-corrected chi connectivity index (χ4v) is 8.41. The van der Waals surface area contributed by atoms with Gasteiger partial charge in [0.1, 0.15) is 23.9 Å². The van der Waals surface area contributed by atoms with Crippen molar-refractivity contribution in [1.82, 2.24) is 10.2 Å². The highest BCUT2D eigenvalue weighted by Crippen LogP contribution is 2.44. The Balaban J connectivity index is 1.11. The molecule has 0 bridgehead atoms. The maximum Gasteiger partial charge on any atom is 0.264 e. The van der Waals surface area contributed by atoms with Crippen LogP contribution in [0.25, 0.3) is 11.6 Å². The summed E-state index contributed by atoms with van der Waals surface area (Å²) in [6, 6.07) is 7.90. The number of amides is 4. The molecule has 2 saturated heterocycles. The number of hydrogen-bond donors (Lipinski definition) is 2. The standard InChI is InChI=1S/C44H46F3N7O6/c1-24(23-55)14-33-37(51(2)3)16-28(60-4)17-38(33)53-11-5-6-25-15-29(30(41(46)47)19-36(25)53)26(21-48)22-49-27-9-12-52(13-10-27)39-20-32-31(18-34(39)45)43(58)54(44(32)59)35-7-8-40(56)50-42(35)57/h14-23,27,35,41H,5-13,48H2,1-4H3,(H,50,56,57)/b24-14-,26-21+,49-22?. The second kappa shape index (κ2) is 17.0. The lowest BCUT2D eigenvalue weighted by atomic mass is 9.91. The van der Waals surface area contributed by atoms with Crippen LogP contribution in [0.5, 0.6) is 5.75 Å². The lowest BCUT2D eigenvalue weighted by molar-refractivity contribution is -0.136. The van der Waals surface area contributed by atoms with E-state index in [1.807, 2.05) is 36.0 Å². The fraction of sp³-hybridized carbons (Fsp3) is 0.364. The number of carbonyl (C=O) groups excluding carboxylic acids is 5. The molecule has 4 aliphatic heterocycles. The molecule has 7 rings (SSSR count). The largest absolute Gasteiger partial charge is 0.497 e. The van der Waals surface area contributed by atoms with Gasteiger partial charge >= 0.3 is 0 Å². The fourth-order valence-electron chi connectivity index (χ4n) is 8.41. The van der Waals surface area contributed by atoms with E-state index >= 15 is 13.2 Å². The van der Waals surface area contributed by atoms with E-state index in [0.717, 1.165) is 40.5 Å². The molecule has 0 aliphatic carbocycles. The van der Waals surface area contributed by atoms with E-state index in [-0.39, 0.29) is 46.8 Å². The number of carbonyl (C=O) groups is 5. The third-order valence-electron chi connectivity index (χ3n) is 11.5. The smallest absolute Gasteiger partial charge is 0.264 e. The number of anilines is 4. The van der Waals surface area contributed by atoms with Crippen LogP contribution in [-0.2, 0) is 20.8 Å². The minimum Gasteiger partial charge on any atom is -0.497 e. The molecule has 4 heterocycles. The molecule has 0 saturated carbocycles. The Hall–Kier alpha value is -6.45. The van der Waals surface area contributed by atoms with Gasteiger partial charge in [-0.2, -0.15) is 0 Å². The molecule has 4 amide bonds. The van der Waals surface area contributed by atoms with Gasteiger partial charge in [0, 0.05) is 92.8 Å². The van der Waals surface area contributed by atoms with Crippen molar-refractivity contribution in [3.8, 4) is 5.75 Å². The summed E-state index contributed by atoms with van der Waals surface area (Å²) in [5, 5.41) is 2.15. The van der Waals surface area contributed by atoms with Crippen molar-refractivity contribution >= 4 is 70.5 Å². The number of rotatable bonds is 11. The number of nitrogens with one attached hydrogen (secondary N) is 1.